The number of Topliss-reactive ketones (excluding diaryl/α,β-unsaturated/α-hetero) is 2. The summed E-state index contributed by atoms with van der Waals surface area (Å²) >= 11 is 0. The number of nitrogens with two attached hydrogens (primary N) is 1. The first kappa shape index (κ1) is 21.2. The van der Waals surface area contributed by atoms with Crippen LogP contribution >= 0.6 is 0 Å². The molecule has 0 saturated heterocycles. The van der Waals surface area contributed by atoms with E-state index in [1.165, 1.54) is 6.07 Å². The minimum Gasteiger partial charge on any atom is -0.508 e. The minimum atomic E-state index is -2.82. The van der Waals surface area contributed by atoms with Gasteiger partial charge in [0.25, 0.3) is 5.91 Å². The molecule has 0 spiro atoms. The Labute approximate surface area is 187 Å². The maximum absolute atomic E-state index is 13.6. The Morgan fingerprint density at radius 1 is 1.09 bits per heavy atom. The van der Waals surface area contributed by atoms with Crippen molar-refractivity contribution in [3.8, 4) is 5.75 Å². The van der Waals surface area contributed by atoms with E-state index in [2.05, 4.69) is 0 Å². The van der Waals surface area contributed by atoms with Crippen molar-refractivity contribution in [2.45, 2.75) is 37.4 Å². The summed E-state index contributed by atoms with van der Waals surface area (Å²) < 4.78 is 5.69. The number of hydrogen-bond acceptors (Lipinski definition) is 9. The third kappa shape index (κ3) is 2.83. The minimum absolute atomic E-state index is 0.0168. The second kappa shape index (κ2) is 6.92. The molecule has 33 heavy (non-hydrogen) atoms. The van der Waals surface area contributed by atoms with Crippen LogP contribution in [0.4, 0.5) is 0 Å². The number of aliphatic hydroxyl groups is 3. The highest BCUT2D eigenvalue weighted by Gasteiger charge is 2.65. The van der Waals surface area contributed by atoms with Crippen LogP contribution in [0.15, 0.2) is 35.1 Å². The number of ether oxygens (including phenoxy) is 1. The molecule has 10 heteroatoms. The Morgan fingerprint density at radius 3 is 2.42 bits per heavy atom. The summed E-state index contributed by atoms with van der Waals surface area (Å²) in [6, 6.07) is 4.49. The van der Waals surface area contributed by atoms with Crippen LogP contribution in [0.1, 0.15) is 30.4 Å². The highest BCUT2D eigenvalue weighted by atomic mass is 16.5. The fourth-order valence-electron chi connectivity index (χ4n) is 5.27. The van der Waals surface area contributed by atoms with Gasteiger partial charge in [0.15, 0.2) is 11.4 Å². The predicted octanol–water partition coefficient (Wildman–Crippen LogP) is 0.356. The van der Waals surface area contributed by atoms with Crippen LogP contribution in [-0.2, 0) is 30.3 Å². The quantitative estimate of drug-likeness (QED) is 0.317. The Bertz CT molecular complexity index is 1210. The van der Waals surface area contributed by atoms with Crippen molar-refractivity contribution in [2.75, 3.05) is 0 Å². The number of aromatic hydroxyl groups is 1. The molecule has 1 amide bonds. The number of carbonyl (C=O) groups excluding carboxylic acids is 4. The lowest BCUT2D eigenvalue weighted by Crippen LogP contribution is -2.64. The Hall–Kier alpha value is -3.66. The second-order valence-corrected chi connectivity index (χ2v) is 8.98. The van der Waals surface area contributed by atoms with E-state index < -0.39 is 70.5 Å². The van der Waals surface area contributed by atoms with Gasteiger partial charge in [0, 0.05) is 23.8 Å². The van der Waals surface area contributed by atoms with Crippen molar-refractivity contribution < 1.29 is 44.3 Å². The summed E-state index contributed by atoms with van der Waals surface area (Å²) in [5.74, 6) is -8.79. The van der Waals surface area contributed by atoms with E-state index in [-0.39, 0.29) is 29.2 Å². The highest BCUT2D eigenvalue weighted by Crippen LogP contribution is 2.53. The van der Waals surface area contributed by atoms with Crippen LogP contribution in [0, 0.1) is 17.8 Å². The molecular formula is C23H21NO9. The van der Waals surface area contributed by atoms with Gasteiger partial charge in [-0.1, -0.05) is 12.1 Å². The molecule has 2 fully saturated rings. The molecule has 0 radical (unpaired) electrons. The number of primary amides is 1. The monoisotopic (exact) mass is 455 g/mol. The largest absolute Gasteiger partial charge is 0.508 e. The summed E-state index contributed by atoms with van der Waals surface area (Å²) in [4.78, 5) is 50.6. The van der Waals surface area contributed by atoms with Gasteiger partial charge in [0.05, 0.1) is 11.5 Å². The maximum Gasteiger partial charge on any atom is 0.309 e. The average Bonchev–Trinajstić information content (AvgIpc) is 3.58. The normalized spacial score (nSPS) is 31.0. The first-order valence-electron chi connectivity index (χ1n) is 10.6. The first-order valence-corrected chi connectivity index (χ1v) is 10.6. The smallest absolute Gasteiger partial charge is 0.309 e. The number of carbonyl (C=O) groups is 4. The second-order valence-electron chi connectivity index (χ2n) is 8.98. The summed E-state index contributed by atoms with van der Waals surface area (Å²) in [5.41, 5.74) is 1.57. The molecule has 0 heterocycles. The molecule has 0 unspecified atom stereocenters. The molecule has 5 rings (SSSR count). The predicted molar refractivity (Wildman–Crippen MR) is 109 cm³/mol. The number of esters is 1. The molecule has 10 nitrogen and oxygen atoms in total. The van der Waals surface area contributed by atoms with Crippen molar-refractivity contribution >= 4 is 29.2 Å². The molecule has 0 bridgehead atoms. The number of aliphatic hydroxyl groups excluding tert-OH is 2. The van der Waals surface area contributed by atoms with E-state index in [1.807, 2.05) is 0 Å². The summed E-state index contributed by atoms with van der Waals surface area (Å²) in [6.07, 6.45) is -0.556. The van der Waals surface area contributed by atoms with E-state index in [9.17, 15) is 39.6 Å². The van der Waals surface area contributed by atoms with Gasteiger partial charge in [-0.25, -0.2) is 0 Å². The van der Waals surface area contributed by atoms with Crippen LogP contribution in [0.25, 0.3) is 5.76 Å². The number of phenols is 1. The van der Waals surface area contributed by atoms with Gasteiger partial charge in [-0.15, -0.1) is 0 Å². The lowest BCUT2D eigenvalue weighted by Gasteiger charge is -2.49. The number of benzene rings is 1. The van der Waals surface area contributed by atoms with Crippen LogP contribution in [-0.4, -0.2) is 55.6 Å². The van der Waals surface area contributed by atoms with Crippen LogP contribution < -0.4 is 5.73 Å². The van der Waals surface area contributed by atoms with Crippen molar-refractivity contribution in [3.63, 3.8) is 0 Å². The number of amides is 1. The molecule has 4 aliphatic rings. The number of phenolic OH excluding ortho intramolecular Hbond substituents is 1. The molecule has 1 aromatic carbocycles. The lowest BCUT2D eigenvalue weighted by molar-refractivity contribution is -0.178. The molecule has 2 saturated carbocycles. The van der Waals surface area contributed by atoms with E-state index >= 15 is 0 Å². The molecular weight excluding hydrogens is 434 g/mol. The van der Waals surface area contributed by atoms with E-state index in [0.717, 1.165) is 0 Å². The molecule has 0 aromatic heterocycles. The van der Waals surface area contributed by atoms with Crippen molar-refractivity contribution in [1.82, 2.24) is 0 Å². The molecule has 172 valence electrons. The Morgan fingerprint density at radius 2 is 1.79 bits per heavy atom. The zero-order valence-electron chi connectivity index (χ0n) is 17.3. The van der Waals surface area contributed by atoms with E-state index in [4.69, 9.17) is 10.5 Å². The SMILES string of the molecule is NC(=O)C1=C(O)[C@@]2(O)C(=O)C3=C(O)c4c(O)cccc4C[C@H]3[C@H](OC(=O)C3CC3)[C@H]2CC1=O. The van der Waals surface area contributed by atoms with Gasteiger partial charge in [-0.3, -0.25) is 19.2 Å². The molecule has 4 aliphatic carbocycles. The van der Waals surface area contributed by atoms with Gasteiger partial charge in [-0.05, 0) is 30.9 Å². The lowest BCUT2D eigenvalue weighted by atomic mass is 9.57. The average molecular weight is 455 g/mol. The number of ketones is 2. The Kier molecular flexibility index (Phi) is 4.44. The van der Waals surface area contributed by atoms with Crippen LogP contribution in [0.2, 0.25) is 0 Å². The summed E-state index contributed by atoms with van der Waals surface area (Å²) in [7, 11) is 0. The van der Waals surface area contributed by atoms with Gasteiger partial charge in [0.1, 0.15) is 28.9 Å². The molecule has 6 N–H and O–H groups in total. The van der Waals surface area contributed by atoms with Gasteiger partial charge in [0.2, 0.25) is 5.78 Å². The third-order valence-corrected chi connectivity index (χ3v) is 7.04. The van der Waals surface area contributed by atoms with Gasteiger partial charge < -0.3 is 30.9 Å². The number of hydrogen-bond donors (Lipinski definition) is 5. The maximum atomic E-state index is 13.6. The first-order chi connectivity index (χ1) is 15.6. The fraction of sp³-hybridized carbons (Fsp3) is 0.391. The zero-order chi connectivity index (χ0) is 23.8. The van der Waals surface area contributed by atoms with Gasteiger partial charge in [-0.2, -0.15) is 0 Å². The standard InChI is InChI=1S/C23H21NO9/c24-21(30)16-13(26)7-11-18(33-22(31)8-4-5-8)10-6-9-2-1-3-12(25)14(9)17(27)15(10)19(28)23(11,32)20(16)29/h1-3,8,10-11,18,25,27,29,32H,4-7H2,(H2,24,30)/t10-,11-,18+,23+/m1/s1. The third-order valence-electron chi connectivity index (χ3n) is 7.04. The van der Waals surface area contributed by atoms with Crippen molar-refractivity contribution in [3.05, 3.63) is 46.2 Å². The summed E-state index contributed by atoms with van der Waals surface area (Å²) in [6.45, 7) is 0. The zero-order valence-corrected chi connectivity index (χ0v) is 17.3. The molecule has 4 atom stereocenters. The van der Waals surface area contributed by atoms with E-state index in [1.54, 1.807) is 12.1 Å². The van der Waals surface area contributed by atoms with Crippen molar-refractivity contribution in [2.24, 2.45) is 23.5 Å². The number of fused-ring (bicyclic) bond motifs is 3. The number of rotatable bonds is 3. The topological polar surface area (TPSA) is 184 Å². The van der Waals surface area contributed by atoms with Crippen LogP contribution in [0.3, 0.4) is 0 Å². The molecule has 0 aliphatic heterocycles. The molecule has 1 aromatic rings. The van der Waals surface area contributed by atoms with Crippen molar-refractivity contribution in [1.29, 1.82) is 0 Å². The van der Waals surface area contributed by atoms with Crippen LogP contribution in [0.5, 0.6) is 5.75 Å². The van der Waals surface area contributed by atoms with Gasteiger partial charge >= 0.3 is 5.97 Å². The highest BCUT2D eigenvalue weighted by molar-refractivity contribution is 6.23. The summed E-state index contributed by atoms with van der Waals surface area (Å²) in [5, 5.41) is 43.5. The Balaban J connectivity index is 1.74. The fourth-order valence-corrected chi connectivity index (χ4v) is 5.27. The van der Waals surface area contributed by atoms with E-state index in [0.29, 0.717) is 18.4 Å².